The molecule has 0 aromatic heterocycles. The minimum atomic E-state index is -1.39. The molecule has 1 aliphatic carbocycles. The summed E-state index contributed by atoms with van der Waals surface area (Å²) in [5.74, 6) is -4.81. The zero-order chi connectivity index (χ0) is 26.4. The van der Waals surface area contributed by atoms with E-state index in [-0.39, 0.29) is 27.5 Å². The van der Waals surface area contributed by atoms with E-state index in [0.717, 1.165) is 12.1 Å². The van der Waals surface area contributed by atoms with Gasteiger partial charge >= 0.3 is 0 Å². The average Bonchev–Trinajstić information content (AvgIpc) is 3.38. The Morgan fingerprint density at radius 1 is 0.917 bits per heavy atom. The Morgan fingerprint density at radius 3 is 2.22 bits per heavy atom. The molecule has 3 aromatic rings. The van der Waals surface area contributed by atoms with Crippen LogP contribution in [0.2, 0.25) is 15.1 Å². The van der Waals surface area contributed by atoms with Gasteiger partial charge in [-0.25, -0.2) is 8.78 Å². The molecule has 186 valence electrons. The van der Waals surface area contributed by atoms with E-state index in [0.29, 0.717) is 15.6 Å². The van der Waals surface area contributed by atoms with E-state index in [1.807, 2.05) is 0 Å². The molecule has 2 N–H and O–H groups in total. The van der Waals surface area contributed by atoms with Gasteiger partial charge in [-0.2, -0.15) is 0 Å². The van der Waals surface area contributed by atoms with Crippen molar-refractivity contribution in [1.82, 2.24) is 0 Å². The van der Waals surface area contributed by atoms with Gasteiger partial charge in [0.05, 0.1) is 16.5 Å². The summed E-state index contributed by atoms with van der Waals surface area (Å²) in [6.45, 7) is 3.41. The molecule has 4 rings (SSSR count). The van der Waals surface area contributed by atoms with Crippen LogP contribution in [0.5, 0.6) is 0 Å². The second-order valence-electron chi connectivity index (χ2n) is 8.04. The highest BCUT2D eigenvalue weighted by Gasteiger charge is 2.67. The van der Waals surface area contributed by atoms with Crippen molar-refractivity contribution in [2.75, 3.05) is 10.6 Å². The Bertz CT molecular complexity index is 1390. The summed E-state index contributed by atoms with van der Waals surface area (Å²) in [7, 11) is 0. The molecule has 1 aliphatic rings. The fraction of sp³-hybridized carbons (Fsp3) is 0.120. The maximum Gasteiger partial charge on any atom is 0.257 e. The van der Waals surface area contributed by atoms with E-state index in [4.69, 9.17) is 58.0 Å². The molecular weight excluding hydrogens is 576 g/mol. The Labute approximate surface area is 230 Å². The van der Waals surface area contributed by atoms with Crippen molar-refractivity contribution in [3.63, 3.8) is 0 Å². The van der Waals surface area contributed by atoms with Crippen molar-refractivity contribution in [3.8, 4) is 0 Å². The number of nitrogens with one attached hydrogen (secondary N) is 2. The molecule has 0 saturated heterocycles. The van der Waals surface area contributed by atoms with E-state index in [1.54, 1.807) is 18.2 Å². The number of amides is 2. The van der Waals surface area contributed by atoms with Gasteiger partial charge in [0.25, 0.3) is 5.91 Å². The first kappa shape index (κ1) is 26.7. The SMILES string of the molecule is C=Cc1cc(NC(=O)c2cc(NC(=O)[C@H]3[C@H](c4cc(Cl)cc(Cl)c4)C3(Cl)Cl)ccc2Cl)cc(F)c1F. The minimum Gasteiger partial charge on any atom is -0.326 e. The lowest BCUT2D eigenvalue weighted by Gasteiger charge is -2.11. The first-order valence-electron chi connectivity index (χ1n) is 10.3. The van der Waals surface area contributed by atoms with Crippen LogP contribution in [0.25, 0.3) is 6.08 Å². The third-order valence-electron chi connectivity index (χ3n) is 5.59. The summed E-state index contributed by atoms with van der Waals surface area (Å²) in [4.78, 5) is 25.8. The fourth-order valence-electron chi connectivity index (χ4n) is 3.85. The molecule has 36 heavy (non-hydrogen) atoms. The quantitative estimate of drug-likeness (QED) is 0.284. The van der Waals surface area contributed by atoms with Gasteiger partial charge in [0, 0.05) is 39.0 Å². The number of hydrogen-bond acceptors (Lipinski definition) is 2. The number of alkyl halides is 2. The maximum absolute atomic E-state index is 13.8. The Kier molecular flexibility index (Phi) is 7.56. The van der Waals surface area contributed by atoms with E-state index >= 15 is 0 Å². The molecule has 1 saturated carbocycles. The molecule has 4 nitrogen and oxygen atoms in total. The van der Waals surface area contributed by atoms with Crippen LogP contribution in [0.4, 0.5) is 20.2 Å². The number of carbonyl (C=O) groups is 2. The lowest BCUT2D eigenvalue weighted by Crippen LogP contribution is -2.18. The average molecular weight is 591 g/mol. The summed E-state index contributed by atoms with van der Waals surface area (Å²) in [6.07, 6.45) is 1.12. The van der Waals surface area contributed by atoms with E-state index in [2.05, 4.69) is 17.2 Å². The van der Waals surface area contributed by atoms with Crippen LogP contribution in [0.3, 0.4) is 0 Å². The predicted octanol–water partition coefficient (Wildman–Crippen LogP) is 8.35. The van der Waals surface area contributed by atoms with Gasteiger partial charge in [-0.1, -0.05) is 47.5 Å². The van der Waals surface area contributed by atoms with Gasteiger partial charge in [-0.05, 0) is 48.0 Å². The van der Waals surface area contributed by atoms with Crippen LogP contribution in [0.1, 0.15) is 27.4 Å². The highest BCUT2D eigenvalue weighted by molar-refractivity contribution is 6.53. The maximum atomic E-state index is 13.8. The molecular formula is C25H15Cl5F2N2O2. The van der Waals surface area contributed by atoms with Crippen LogP contribution in [0.15, 0.2) is 55.1 Å². The Hall–Kier alpha value is -2.35. The third kappa shape index (κ3) is 5.34. The van der Waals surface area contributed by atoms with E-state index in [1.165, 1.54) is 24.3 Å². The summed E-state index contributed by atoms with van der Waals surface area (Å²) >= 11 is 31.1. The summed E-state index contributed by atoms with van der Waals surface area (Å²) in [6, 6.07) is 11.1. The zero-order valence-electron chi connectivity index (χ0n) is 18.0. The van der Waals surface area contributed by atoms with Crippen molar-refractivity contribution in [1.29, 1.82) is 0 Å². The van der Waals surface area contributed by atoms with Gasteiger partial charge < -0.3 is 10.6 Å². The van der Waals surface area contributed by atoms with Gasteiger partial charge in [0.1, 0.15) is 4.33 Å². The molecule has 1 fully saturated rings. The standard InChI is InChI=1S/C25H15Cl5F2N2O2/c1-2-11-7-16(10-19(31)22(11)32)34-23(35)17-9-15(3-4-18(17)28)33-24(36)21-20(25(21,29)30)12-5-13(26)8-14(27)6-12/h2-10,20-21H,1H2,(H,33,36)(H,34,35)/t20-,21+/m0/s1. The summed E-state index contributed by atoms with van der Waals surface area (Å²) in [5, 5.41) is 5.95. The molecule has 0 spiro atoms. The molecule has 2 amide bonds. The lowest BCUT2D eigenvalue weighted by atomic mass is 10.1. The minimum absolute atomic E-state index is 0.00521. The lowest BCUT2D eigenvalue weighted by molar-refractivity contribution is -0.117. The monoisotopic (exact) mass is 588 g/mol. The second-order valence-corrected chi connectivity index (χ2v) is 10.8. The number of carbonyl (C=O) groups excluding carboxylic acids is 2. The van der Waals surface area contributed by atoms with Crippen LogP contribution in [-0.2, 0) is 4.79 Å². The second kappa shape index (κ2) is 10.2. The molecule has 11 heteroatoms. The van der Waals surface area contributed by atoms with Gasteiger partial charge in [-0.15, -0.1) is 23.2 Å². The molecule has 0 aliphatic heterocycles. The summed E-state index contributed by atoms with van der Waals surface area (Å²) < 4.78 is 26.2. The van der Waals surface area contributed by atoms with Crippen molar-refractivity contribution >= 4 is 87.3 Å². The molecule has 3 aromatic carbocycles. The third-order valence-corrected chi connectivity index (χ3v) is 7.30. The number of benzene rings is 3. The number of anilines is 2. The van der Waals surface area contributed by atoms with Gasteiger partial charge in [-0.3, -0.25) is 9.59 Å². The van der Waals surface area contributed by atoms with Crippen molar-refractivity contribution in [3.05, 3.63) is 98.5 Å². The number of hydrogen-bond donors (Lipinski definition) is 2. The molecule has 0 heterocycles. The van der Waals surface area contributed by atoms with Crippen LogP contribution < -0.4 is 10.6 Å². The Balaban J connectivity index is 1.52. The highest BCUT2D eigenvalue weighted by Crippen LogP contribution is 2.65. The number of halogens is 7. The van der Waals surface area contributed by atoms with Crippen LogP contribution in [-0.4, -0.2) is 16.1 Å². The Morgan fingerprint density at radius 2 is 1.58 bits per heavy atom. The van der Waals surface area contributed by atoms with Crippen LogP contribution in [0, 0.1) is 17.6 Å². The molecule has 0 bridgehead atoms. The van der Waals surface area contributed by atoms with Gasteiger partial charge in [0.2, 0.25) is 5.91 Å². The first-order valence-corrected chi connectivity index (χ1v) is 12.2. The fourth-order valence-corrected chi connectivity index (χ4v) is 5.42. The molecule has 2 atom stereocenters. The predicted molar refractivity (Wildman–Crippen MR) is 142 cm³/mol. The first-order chi connectivity index (χ1) is 16.9. The largest absolute Gasteiger partial charge is 0.326 e. The van der Waals surface area contributed by atoms with E-state index < -0.39 is 39.6 Å². The number of rotatable bonds is 6. The molecule has 0 unspecified atom stereocenters. The van der Waals surface area contributed by atoms with Crippen molar-refractivity contribution in [2.24, 2.45) is 5.92 Å². The molecule has 0 radical (unpaired) electrons. The van der Waals surface area contributed by atoms with Gasteiger partial charge in [0.15, 0.2) is 11.6 Å². The topological polar surface area (TPSA) is 58.2 Å². The summed E-state index contributed by atoms with van der Waals surface area (Å²) in [5.41, 5.74) is 0.707. The van der Waals surface area contributed by atoms with E-state index in [9.17, 15) is 18.4 Å². The highest BCUT2D eigenvalue weighted by atomic mass is 35.5. The van der Waals surface area contributed by atoms with Crippen molar-refractivity contribution < 1.29 is 18.4 Å². The van der Waals surface area contributed by atoms with Crippen molar-refractivity contribution in [2.45, 2.75) is 10.3 Å². The zero-order valence-corrected chi connectivity index (χ0v) is 21.8. The normalized spacial score (nSPS) is 17.9. The van der Waals surface area contributed by atoms with Crippen LogP contribution >= 0.6 is 58.0 Å². The smallest absolute Gasteiger partial charge is 0.257 e.